The van der Waals surface area contributed by atoms with E-state index in [2.05, 4.69) is 82.8 Å². The fourth-order valence-electron chi connectivity index (χ4n) is 2.96. The van der Waals surface area contributed by atoms with Gasteiger partial charge in [-0.3, -0.25) is 0 Å². The fourth-order valence-corrected chi connectivity index (χ4v) is 6.95. The Kier molecular flexibility index (Phi) is 4.46. The molecule has 0 bridgehead atoms. The van der Waals surface area contributed by atoms with Crippen molar-refractivity contribution in [2.45, 2.75) is 40.3 Å². The molecule has 0 heterocycles. The largest absolute Gasteiger partial charge is 0.406 e. The summed E-state index contributed by atoms with van der Waals surface area (Å²) in [6, 6.07) is 17.3. The second-order valence-corrected chi connectivity index (χ2v) is 9.21. The van der Waals surface area contributed by atoms with Crippen molar-refractivity contribution in [3.05, 3.63) is 59.7 Å². The number of aryl methyl sites for hydroxylation is 2. The van der Waals surface area contributed by atoms with Gasteiger partial charge in [-0.05, 0) is 55.7 Å². The molecule has 2 aromatic carbocycles. The Labute approximate surface area is 123 Å². The molecule has 2 aromatic rings. The van der Waals surface area contributed by atoms with Crippen molar-refractivity contribution in [2.24, 2.45) is 0 Å². The monoisotopic (exact) mass is 284 g/mol. The molecule has 1 nitrogen and oxygen atoms in total. The lowest BCUT2D eigenvalue weighted by Crippen LogP contribution is -2.61. The van der Waals surface area contributed by atoms with Crippen LogP contribution in [0, 0.1) is 13.8 Å². The van der Waals surface area contributed by atoms with Gasteiger partial charge in [0.05, 0.1) is 0 Å². The molecule has 0 aliphatic carbocycles. The first-order chi connectivity index (χ1) is 9.45. The Morgan fingerprint density at radius 2 is 1.20 bits per heavy atom. The van der Waals surface area contributed by atoms with Crippen LogP contribution >= 0.6 is 0 Å². The molecule has 0 unspecified atom stereocenters. The van der Waals surface area contributed by atoms with E-state index >= 15 is 0 Å². The van der Waals surface area contributed by atoms with Gasteiger partial charge >= 0.3 is 0 Å². The predicted octanol–water partition coefficient (Wildman–Crippen LogP) is 3.42. The maximum Gasteiger partial charge on any atom is 0.253 e. The number of hydrogen-bond acceptors (Lipinski definition) is 1. The molecule has 106 valence electrons. The van der Waals surface area contributed by atoms with Crippen LogP contribution in [0.15, 0.2) is 48.5 Å². The summed E-state index contributed by atoms with van der Waals surface area (Å²) in [7, 11) is -2.15. The molecule has 0 amide bonds. The van der Waals surface area contributed by atoms with Gasteiger partial charge in [0.25, 0.3) is 8.32 Å². The molecule has 0 N–H and O–H groups in total. The van der Waals surface area contributed by atoms with Crippen LogP contribution in [-0.4, -0.2) is 14.4 Å². The normalized spacial score (nSPS) is 11.9. The lowest BCUT2D eigenvalue weighted by Gasteiger charge is -2.33. The molecule has 20 heavy (non-hydrogen) atoms. The molecule has 2 heteroatoms. The lowest BCUT2D eigenvalue weighted by atomic mass is 10.2. The quantitative estimate of drug-likeness (QED) is 0.782. The number of hydrogen-bond donors (Lipinski definition) is 0. The van der Waals surface area contributed by atoms with Crippen molar-refractivity contribution in [1.82, 2.24) is 0 Å². The Hall–Kier alpha value is -1.38. The van der Waals surface area contributed by atoms with E-state index in [4.69, 9.17) is 4.43 Å². The van der Waals surface area contributed by atoms with E-state index in [0.29, 0.717) is 0 Å². The summed E-state index contributed by atoms with van der Waals surface area (Å²) in [5.41, 5.74) is 2.65. The first-order valence-electron chi connectivity index (χ1n) is 7.25. The molecule has 0 aliphatic rings. The summed E-state index contributed by atoms with van der Waals surface area (Å²) < 4.78 is 6.51. The van der Waals surface area contributed by atoms with E-state index < -0.39 is 8.32 Å². The Morgan fingerprint density at radius 3 is 1.55 bits per heavy atom. The molecule has 0 aromatic heterocycles. The second-order valence-electron chi connectivity index (χ2n) is 5.83. The highest BCUT2D eigenvalue weighted by Crippen LogP contribution is 2.14. The predicted molar refractivity (Wildman–Crippen MR) is 89.5 cm³/mol. The maximum atomic E-state index is 6.51. The van der Waals surface area contributed by atoms with Gasteiger partial charge in [0.1, 0.15) is 0 Å². The van der Waals surface area contributed by atoms with Crippen LogP contribution in [-0.2, 0) is 4.43 Å². The average Bonchev–Trinajstić information content (AvgIpc) is 2.38. The summed E-state index contributed by atoms with van der Waals surface area (Å²) in [6.45, 7) is 10.9. The molecule has 0 radical (unpaired) electrons. The van der Waals surface area contributed by atoms with Crippen LogP contribution in [0.25, 0.3) is 0 Å². The van der Waals surface area contributed by atoms with E-state index in [9.17, 15) is 0 Å². The Balaban J connectivity index is 2.63. The SMILES string of the molecule is Cc1ccccc1[Si](C)(OC(C)C)c1ccccc1C. The van der Waals surface area contributed by atoms with Crippen LogP contribution in [0.3, 0.4) is 0 Å². The van der Waals surface area contributed by atoms with Crippen molar-refractivity contribution >= 4 is 18.7 Å². The summed E-state index contributed by atoms with van der Waals surface area (Å²) in [5, 5.41) is 2.76. The van der Waals surface area contributed by atoms with Crippen LogP contribution in [0.4, 0.5) is 0 Å². The van der Waals surface area contributed by atoms with Gasteiger partial charge in [-0.25, -0.2) is 0 Å². The molecule has 0 spiro atoms. The van der Waals surface area contributed by atoms with Gasteiger partial charge in [0.15, 0.2) is 0 Å². The molecule has 0 saturated carbocycles. The molecule has 2 rings (SSSR count). The first-order valence-corrected chi connectivity index (χ1v) is 9.66. The molecular formula is C18H24OSi. The van der Waals surface area contributed by atoms with Gasteiger partial charge in [0, 0.05) is 6.10 Å². The fraction of sp³-hybridized carbons (Fsp3) is 0.333. The summed E-state index contributed by atoms with van der Waals surface area (Å²) >= 11 is 0. The highest BCUT2D eigenvalue weighted by Gasteiger charge is 2.37. The molecule has 0 atom stereocenters. The highest BCUT2D eigenvalue weighted by atomic mass is 28.4. The van der Waals surface area contributed by atoms with Gasteiger partial charge < -0.3 is 4.43 Å². The van der Waals surface area contributed by atoms with Crippen molar-refractivity contribution in [3.63, 3.8) is 0 Å². The van der Waals surface area contributed by atoms with Crippen molar-refractivity contribution in [2.75, 3.05) is 0 Å². The Morgan fingerprint density at radius 1 is 0.800 bits per heavy atom. The van der Waals surface area contributed by atoms with E-state index in [1.54, 1.807) is 0 Å². The third kappa shape index (κ3) is 2.86. The summed E-state index contributed by atoms with van der Waals surface area (Å²) in [5.74, 6) is 0. The third-order valence-corrected chi connectivity index (χ3v) is 7.91. The minimum absolute atomic E-state index is 0.228. The standard InChI is InChI=1S/C18H24OSi/c1-14(2)19-20(5,17-12-8-6-10-15(17)3)18-13-9-7-11-16(18)4/h6-14H,1-5H3. The van der Waals surface area contributed by atoms with E-state index in [1.807, 2.05) is 0 Å². The highest BCUT2D eigenvalue weighted by molar-refractivity contribution is 6.97. The van der Waals surface area contributed by atoms with Gasteiger partial charge in [-0.1, -0.05) is 48.5 Å². The smallest absolute Gasteiger partial charge is 0.253 e. The summed E-state index contributed by atoms with van der Waals surface area (Å²) in [6.07, 6.45) is 0.228. The molecule has 0 saturated heterocycles. The van der Waals surface area contributed by atoms with Crippen LogP contribution in [0.5, 0.6) is 0 Å². The molecular weight excluding hydrogens is 260 g/mol. The lowest BCUT2D eigenvalue weighted by molar-refractivity contribution is 0.241. The molecule has 0 fully saturated rings. The zero-order valence-electron chi connectivity index (χ0n) is 13.1. The zero-order valence-corrected chi connectivity index (χ0v) is 14.1. The van der Waals surface area contributed by atoms with Crippen LogP contribution in [0.2, 0.25) is 6.55 Å². The number of rotatable bonds is 4. The van der Waals surface area contributed by atoms with Crippen molar-refractivity contribution in [3.8, 4) is 0 Å². The van der Waals surface area contributed by atoms with E-state index in [1.165, 1.54) is 21.5 Å². The van der Waals surface area contributed by atoms with Gasteiger partial charge in [0.2, 0.25) is 0 Å². The average molecular weight is 284 g/mol. The molecule has 0 aliphatic heterocycles. The minimum atomic E-state index is -2.15. The maximum absolute atomic E-state index is 6.51. The number of benzene rings is 2. The second kappa shape index (κ2) is 5.94. The first kappa shape index (κ1) is 15.0. The third-order valence-electron chi connectivity index (χ3n) is 3.79. The van der Waals surface area contributed by atoms with Gasteiger partial charge in [-0.2, -0.15) is 0 Å². The Bertz CT molecular complexity index is 544. The van der Waals surface area contributed by atoms with E-state index in [-0.39, 0.29) is 6.10 Å². The van der Waals surface area contributed by atoms with Crippen molar-refractivity contribution < 1.29 is 4.43 Å². The van der Waals surface area contributed by atoms with E-state index in [0.717, 1.165) is 0 Å². The zero-order chi connectivity index (χ0) is 14.8. The van der Waals surface area contributed by atoms with Gasteiger partial charge in [-0.15, -0.1) is 0 Å². The van der Waals surface area contributed by atoms with Crippen LogP contribution < -0.4 is 10.4 Å². The topological polar surface area (TPSA) is 9.23 Å². The van der Waals surface area contributed by atoms with Crippen molar-refractivity contribution in [1.29, 1.82) is 0 Å². The minimum Gasteiger partial charge on any atom is -0.406 e. The summed E-state index contributed by atoms with van der Waals surface area (Å²) in [4.78, 5) is 0. The van der Waals surface area contributed by atoms with Crippen LogP contribution in [0.1, 0.15) is 25.0 Å².